The largest absolute Gasteiger partial charge is 0.369 e. The average molecular weight is 414 g/mol. The number of carbonyl (C=O) groups excluding carboxylic acids is 2. The standard InChI is InChI=1S/C26H27N3O2/c27-25(31)26(17-21-9-11-22(12-10-21)23-8-4-14-28-18-23)13-5-15-29(19-26)24(30)16-20-6-2-1-3-7-20/h1-4,6-12,14,18H,5,13,15-17,19H2,(H2,27,31). The zero-order valence-electron chi connectivity index (χ0n) is 17.5. The van der Waals surface area contributed by atoms with E-state index < -0.39 is 5.41 Å². The molecule has 0 bridgehead atoms. The minimum Gasteiger partial charge on any atom is -0.369 e. The smallest absolute Gasteiger partial charge is 0.227 e. The van der Waals surface area contributed by atoms with Crippen LogP contribution in [0.1, 0.15) is 24.0 Å². The van der Waals surface area contributed by atoms with Gasteiger partial charge in [-0.15, -0.1) is 0 Å². The highest BCUT2D eigenvalue weighted by Crippen LogP contribution is 2.34. The van der Waals surface area contributed by atoms with Crippen molar-refractivity contribution in [1.82, 2.24) is 9.88 Å². The van der Waals surface area contributed by atoms with Gasteiger partial charge in [-0.25, -0.2) is 0 Å². The van der Waals surface area contributed by atoms with Gasteiger partial charge in [0.15, 0.2) is 0 Å². The molecule has 2 amide bonds. The molecule has 0 radical (unpaired) electrons. The maximum absolute atomic E-state index is 12.9. The summed E-state index contributed by atoms with van der Waals surface area (Å²) in [6, 6.07) is 21.8. The van der Waals surface area contributed by atoms with E-state index in [1.165, 1.54) is 0 Å². The number of primary amides is 1. The van der Waals surface area contributed by atoms with Crippen molar-refractivity contribution >= 4 is 11.8 Å². The summed E-state index contributed by atoms with van der Waals surface area (Å²) in [5.41, 5.74) is 9.32. The first-order valence-electron chi connectivity index (χ1n) is 10.7. The van der Waals surface area contributed by atoms with Crippen LogP contribution in [-0.2, 0) is 22.4 Å². The van der Waals surface area contributed by atoms with Crippen LogP contribution in [0, 0.1) is 5.41 Å². The number of carbonyl (C=O) groups is 2. The van der Waals surface area contributed by atoms with Crippen molar-refractivity contribution in [3.05, 3.63) is 90.3 Å². The van der Waals surface area contributed by atoms with E-state index in [1.807, 2.05) is 77.8 Å². The summed E-state index contributed by atoms with van der Waals surface area (Å²) >= 11 is 0. The van der Waals surface area contributed by atoms with Gasteiger partial charge in [0.25, 0.3) is 0 Å². The van der Waals surface area contributed by atoms with Crippen LogP contribution in [0.3, 0.4) is 0 Å². The lowest BCUT2D eigenvalue weighted by molar-refractivity contribution is -0.139. The van der Waals surface area contributed by atoms with Crippen LogP contribution in [0.2, 0.25) is 0 Å². The van der Waals surface area contributed by atoms with Gasteiger partial charge < -0.3 is 10.6 Å². The van der Waals surface area contributed by atoms with Gasteiger partial charge in [0.2, 0.25) is 11.8 Å². The maximum Gasteiger partial charge on any atom is 0.227 e. The molecule has 158 valence electrons. The molecule has 1 atom stereocenters. The van der Waals surface area contributed by atoms with Crippen molar-refractivity contribution in [2.24, 2.45) is 11.1 Å². The lowest BCUT2D eigenvalue weighted by atomic mass is 9.74. The number of amides is 2. The van der Waals surface area contributed by atoms with Gasteiger partial charge in [-0.3, -0.25) is 14.6 Å². The Morgan fingerprint density at radius 1 is 0.935 bits per heavy atom. The fourth-order valence-corrected chi connectivity index (χ4v) is 4.40. The number of piperidine rings is 1. The summed E-state index contributed by atoms with van der Waals surface area (Å²) in [6.45, 7) is 1.04. The molecule has 1 aliphatic rings. The van der Waals surface area contributed by atoms with Gasteiger partial charge in [-0.1, -0.05) is 60.7 Å². The topological polar surface area (TPSA) is 76.3 Å². The molecule has 0 saturated carbocycles. The van der Waals surface area contributed by atoms with Gasteiger partial charge in [0, 0.05) is 25.5 Å². The van der Waals surface area contributed by atoms with Crippen molar-refractivity contribution in [1.29, 1.82) is 0 Å². The SMILES string of the molecule is NC(=O)C1(Cc2ccc(-c3cccnc3)cc2)CCCN(C(=O)Cc2ccccc2)C1. The Hall–Kier alpha value is -3.47. The van der Waals surface area contributed by atoms with E-state index in [1.54, 1.807) is 6.20 Å². The fourth-order valence-electron chi connectivity index (χ4n) is 4.40. The Morgan fingerprint density at radius 2 is 1.71 bits per heavy atom. The zero-order chi connectivity index (χ0) is 21.7. The Morgan fingerprint density at radius 3 is 2.39 bits per heavy atom. The molecule has 4 rings (SSSR count). The molecule has 1 unspecified atom stereocenters. The summed E-state index contributed by atoms with van der Waals surface area (Å²) in [4.78, 5) is 31.4. The molecule has 31 heavy (non-hydrogen) atoms. The Bertz CT molecular complexity index is 1040. The van der Waals surface area contributed by atoms with Gasteiger partial charge in [-0.05, 0) is 47.6 Å². The molecule has 1 fully saturated rings. The molecule has 1 saturated heterocycles. The molecule has 5 nitrogen and oxygen atoms in total. The van der Waals surface area contributed by atoms with Crippen molar-refractivity contribution in [2.45, 2.75) is 25.7 Å². The minimum atomic E-state index is -0.736. The fraction of sp³-hybridized carbons (Fsp3) is 0.269. The first-order chi connectivity index (χ1) is 15.1. The second-order valence-corrected chi connectivity index (χ2v) is 8.34. The molecular formula is C26H27N3O2. The second-order valence-electron chi connectivity index (χ2n) is 8.34. The number of likely N-dealkylation sites (tertiary alicyclic amines) is 1. The Kier molecular flexibility index (Phi) is 6.12. The number of rotatable bonds is 6. The Labute approximate surface area is 182 Å². The molecule has 1 aromatic heterocycles. The molecule has 2 heterocycles. The van der Waals surface area contributed by atoms with Crippen molar-refractivity contribution in [3.8, 4) is 11.1 Å². The first-order valence-corrected chi connectivity index (χ1v) is 10.7. The number of hydrogen-bond donors (Lipinski definition) is 1. The molecule has 0 aliphatic carbocycles. The summed E-state index contributed by atoms with van der Waals surface area (Å²) in [6.07, 6.45) is 5.93. The van der Waals surface area contributed by atoms with Gasteiger partial charge >= 0.3 is 0 Å². The maximum atomic E-state index is 12.9. The number of aromatic nitrogens is 1. The van der Waals surface area contributed by atoms with Gasteiger partial charge in [-0.2, -0.15) is 0 Å². The van der Waals surface area contributed by atoms with E-state index >= 15 is 0 Å². The predicted molar refractivity (Wildman–Crippen MR) is 121 cm³/mol. The normalized spacial score (nSPS) is 18.5. The first kappa shape index (κ1) is 20.8. The van der Waals surface area contributed by atoms with Crippen molar-refractivity contribution in [3.63, 3.8) is 0 Å². The highest BCUT2D eigenvalue weighted by Gasteiger charge is 2.42. The van der Waals surface area contributed by atoms with Gasteiger partial charge in [0.05, 0.1) is 11.8 Å². The molecule has 1 aliphatic heterocycles. The third-order valence-electron chi connectivity index (χ3n) is 6.14. The molecule has 2 aromatic carbocycles. The summed E-state index contributed by atoms with van der Waals surface area (Å²) in [5, 5.41) is 0. The summed E-state index contributed by atoms with van der Waals surface area (Å²) < 4.78 is 0. The minimum absolute atomic E-state index is 0.0449. The summed E-state index contributed by atoms with van der Waals surface area (Å²) in [5.74, 6) is -0.288. The summed E-state index contributed by atoms with van der Waals surface area (Å²) in [7, 11) is 0. The second kappa shape index (κ2) is 9.13. The number of nitrogens with zero attached hydrogens (tertiary/aromatic N) is 2. The lowest BCUT2D eigenvalue weighted by Crippen LogP contribution is -2.53. The average Bonchev–Trinajstić information content (AvgIpc) is 2.81. The molecule has 0 spiro atoms. The number of benzene rings is 2. The van der Waals surface area contributed by atoms with E-state index in [-0.39, 0.29) is 11.8 Å². The van der Waals surface area contributed by atoms with Crippen LogP contribution >= 0.6 is 0 Å². The van der Waals surface area contributed by atoms with Gasteiger partial charge in [0.1, 0.15) is 0 Å². The monoisotopic (exact) mass is 413 g/mol. The molecule has 2 N–H and O–H groups in total. The molecule has 3 aromatic rings. The van der Waals surface area contributed by atoms with Crippen LogP contribution in [0.25, 0.3) is 11.1 Å². The number of hydrogen-bond acceptors (Lipinski definition) is 3. The molecule has 5 heteroatoms. The van der Waals surface area contributed by atoms with Crippen LogP contribution in [0.5, 0.6) is 0 Å². The van der Waals surface area contributed by atoms with Crippen molar-refractivity contribution < 1.29 is 9.59 Å². The lowest BCUT2D eigenvalue weighted by Gasteiger charge is -2.41. The van der Waals surface area contributed by atoms with E-state index in [9.17, 15) is 9.59 Å². The van der Waals surface area contributed by atoms with Crippen LogP contribution in [0.4, 0.5) is 0 Å². The Balaban J connectivity index is 1.49. The van der Waals surface area contributed by atoms with E-state index in [4.69, 9.17) is 5.73 Å². The van der Waals surface area contributed by atoms with E-state index in [0.717, 1.165) is 28.7 Å². The zero-order valence-corrected chi connectivity index (χ0v) is 17.5. The van der Waals surface area contributed by atoms with E-state index in [2.05, 4.69) is 4.98 Å². The van der Waals surface area contributed by atoms with Crippen LogP contribution in [0.15, 0.2) is 79.1 Å². The van der Waals surface area contributed by atoms with Crippen LogP contribution < -0.4 is 5.73 Å². The number of pyridine rings is 1. The highest BCUT2D eigenvalue weighted by molar-refractivity contribution is 5.84. The molecular weight excluding hydrogens is 386 g/mol. The van der Waals surface area contributed by atoms with E-state index in [0.29, 0.717) is 32.4 Å². The third-order valence-corrected chi connectivity index (χ3v) is 6.14. The predicted octanol–water partition coefficient (Wildman–Crippen LogP) is 3.63. The van der Waals surface area contributed by atoms with Crippen LogP contribution in [-0.4, -0.2) is 34.8 Å². The highest BCUT2D eigenvalue weighted by atomic mass is 16.2. The third kappa shape index (κ3) is 4.82. The van der Waals surface area contributed by atoms with Crippen molar-refractivity contribution in [2.75, 3.05) is 13.1 Å². The quantitative estimate of drug-likeness (QED) is 0.670. The number of nitrogens with two attached hydrogens (primary N) is 1.